The van der Waals surface area contributed by atoms with Gasteiger partial charge in [-0.25, -0.2) is 4.57 Å². The Morgan fingerprint density at radius 3 is 2.19 bits per heavy atom. The monoisotopic (exact) mass is 347 g/mol. The Morgan fingerprint density at radius 2 is 1.76 bits per heavy atom. The molecule has 1 amide bonds. The summed E-state index contributed by atoms with van der Waals surface area (Å²) in [5.74, 6) is -0.552. The molecule has 6 N–H and O–H groups in total. The van der Waals surface area contributed by atoms with Crippen LogP contribution in [0.15, 0.2) is 0 Å². The van der Waals surface area contributed by atoms with Crippen molar-refractivity contribution in [1.82, 2.24) is 5.32 Å². The molecule has 1 saturated heterocycles. The van der Waals surface area contributed by atoms with Gasteiger partial charge in [0, 0.05) is 66.0 Å². The number of ether oxygens (including phenoxy) is 1. The predicted molar refractivity (Wildman–Crippen MR) is 70.0 cm³/mol. The molecule has 5 atom stereocenters. The maximum absolute atomic E-state index is 10.9. The Morgan fingerprint density at radius 1 is 1.24 bits per heavy atom. The molecule has 13 heteroatoms. The molecule has 0 spiro atoms. The van der Waals surface area contributed by atoms with E-state index < -0.39 is 51.0 Å². The molecule has 2 radical (unpaired) electrons. The second-order valence-corrected chi connectivity index (χ2v) is 5.30. The molecule has 0 aromatic rings. The minimum Gasteiger partial charge on any atom is -0.388 e. The van der Waals surface area contributed by atoms with Gasteiger partial charge in [0.05, 0.1) is 6.61 Å². The fourth-order valence-corrected chi connectivity index (χ4v) is 1.99. The van der Waals surface area contributed by atoms with E-state index in [2.05, 4.69) is 9.84 Å². The Hall–Kier alpha value is 1.42. The van der Waals surface area contributed by atoms with Crippen LogP contribution in [0.4, 0.5) is 0 Å². The summed E-state index contributed by atoms with van der Waals surface area (Å²) in [6.45, 7) is 0.418. The van der Waals surface area contributed by atoms with Gasteiger partial charge < -0.3 is 35.2 Å². The van der Waals surface area contributed by atoms with Crippen LogP contribution in [0, 0.1) is 0 Å². The molecular formula is C8H16NNa2O9P. The fraction of sp³-hybridized carbons (Fsp3) is 0.875. The molecule has 1 rings (SSSR count). The molecule has 1 unspecified atom stereocenters. The third-order valence-electron chi connectivity index (χ3n) is 2.50. The van der Waals surface area contributed by atoms with Crippen LogP contribution in [0.2, 0.25) is 0 Å². The molecule has 1 aliphatic heterocycles. The van der Waals surface area contributed by atoms with Gasteiger partial charge in [-0.15, -0.1) is 0 Å². The van der Waals surface area contributed by atoms with E-state index in [0.29, 0.717) is 0 Å². The van der Waals surface area contributed by atoms with Crippen LogP contribution in [0.25, 0.3) is 0 Å². The fourth-order valence-electron chi connectivity index (χ4n) is 1.65. The van der Waals surface area contributed by atoms with Crippen molar-refractivity contribution in [2.45, 2.75) is 37.6 Å². The van der Waals surface area contributed by atoms with Crippen LogP contribution in [0.5, 0.6) is 0 Å². The van der Waals surface area contributed by atoms with E-state index in [-0.39, 0.29) is 59.1 Å². The quantitative estimate of drug-likeness (QED) is 0.221. The number of phosphoric acid groups is 1. The third-order valence-corrected chi connectivity index (χ3v) is 2.98. The van der Waals surface area contributed by atoms with Crippen LogP contribution in [0.1, 0.15) is 6.92 Å². The van der Waals surface area contributed by atoms with Crippen LogP contribution < -0.4 is 5.32 Å². The minimum atomic E-state index is -4.76. The van der Waals surface area contributed by atoms with E-state index in [1.807, 2.05) is 0 Å². The van der Waals surface area contributed by atoms with E-state index in [0.717, 1.165) is 6.92 Å². The number of amides is 1. The number of hydrogen-bond donors (Lipinski definition) is 6. The summed E-state index contributed by atoms with van der Waals surface area (Å²) in [5, 5.41) is 31.1. The molecule has 114 valence electrons. The summed E-state index contributed by atoms with van der Waals surface area (Å²) in [5.41, 5.74) is 0. The molecule has 1 heterocycles. The van der Waals surface area contributed by atoms with Gasteiger partial charge in [-0.3, -0.25) is 9.32 Å². The summed E-state index contributed by atoms with van der Waals surface area (Å²) >= 11 is 0. The van der Waals surface area contributed by atoms with Gasteiger partial charge in [-0.05, 0) is 0 Å². The first-order chi connectivity index (χ1) is 8.61. The van der Waals surface area contributed by atoms with Crippen molar-refractivity contribution in [3.8, 4) is 0 Å². The van der Waals surface area contributed by atoms with Crippen LogP contribution in [0.3, 0.4) is 0 Å². The topological polar surface area (TPSA) is 166 Å². The molecule has 21 heavy (non-hydrogen) atoms. The number of carbonyl (C=O) groups is 1. The van der Waals surface area contributed by atoms with Crippen molar-refractivity contribution < 1.29 is 43.7 Å². The van der Waals surface area contributed by atoms with Crippen LogP contribution >= 0.6 is 7.82 Å². The summed E-state index contributed by atoms with van der Waals surface area (Å²) < 4.78 is 19.5. The van der Waals surface area contributed by atoms with Crippen molar-refractivity contribution >= 4 is 72.8 Å². The Bertz CT molecular complexity index is 381. The maximum Gasteiger partial charge on any atom is 0.469 e. The molecule has 10 nitrogen and oxygen atoms in total. The van der Waals surface area contributed by atoms with Gasteiger partial charge in [0.25, 0.3) is 0 Å². The standard InChI is InChI=1S/C8H16NO9P.2Na/c1-3(10)9-5-7(12)6(11)4(18-8(5)13)2-17-19(14,15)16;;/h4-8,11-13H,2H2,1H3,(H,9,10)(H2,14,15,16);;/t4-,5-,6-,7-,8?;;/m1../s1. The summed E-state index contributed by atoms with van der Waals surface area (Å²) in [4.78, 5) is 27.9. The van der Waals surface area contributed by atoms with Gasteiger partial charge in [0.15, 0.2) is 6.29 Å². The number of aliphatic hydroxyl groups is 3. The third kappa shape index (κ3) is 8.18. The zero-order valence-corrected chi connectivity index (χ0v) is 16.8. The SMILES string of the molecule is CC(=O)N[C@H]1C(O)O[C@H](COP(=O)(O)O)[C@@H](O)[C@@H]1O.[Na].[Na]. The molecule has 0 bridgehead atoms. The zero-order chi connectivity index (χ0) is 14.8. The molecule has 0 saturated carbocycles. The zero-order valence-electron chi connectivity index (χ0n) is 11.9. The Kier molecular flexibility index (Phi) is 12.1. The van der Waals surface area contributed by atoms with Gasteiger partial charge in [0.2, 0.25) is 5.91 Å². The summed E-state index contributed by atoms with van der Waals surface area (Å²) in [6, 6.07) is -1.25. The molecular weight excluding hydrogens is 331 g/mol. The van der Waals surface area contributed by atoms with Crippen LogP contribution in [-0.4, -0.2) is 127 Å². The average Bonchev–Trinajstić information content (AvgIpc) is 2.26. The minimum absolute atomic E-state index is 0. The molecule has 0 aromatic carbocycles. The predicted octanol–water partition coefficient (Wildman–Crippen LogP) is -3.72. The maximum atomic E-state index is 10.9. The largest absolute Gasteiger partial charge is 0.469 e. The Balaban J connectivity index is 0. The van der Waals surface area contributed by atoms with Gasteiger partial charge in [-0.2, -0.15) is 0 Å². The first kappa shape index (κ1) is 24.7. The van der Waals surface area contributed by atoms with Gasteiger partial charge in [-0.1, -0.05) is 0 Å². The number of aliphatic hydroxyl groups excluding tert-OH is 3. The van der Waals surface area contributed by atoms with E-state index in [1.165, 1.54) is 0 Å². The van der Waals surface area contributed by atoms with Crippen molar-refractivity contribution in [2.24, 2.45) is 0 Å². The van der Waals surface area contributed by atoms with Crippen LogP contribution in [-0.2, 0) is 18.6 Å². The first-order valence-electron chi connectivity index (χ1n) is 5.28. The van der Waals surface area contributed by atoms with E-state index in [4.69, 9.17) is 14.5 Å². The average molecular weight is 347 g/mol. The molecule has 0 aliphatic carbocycles. The van der Waals surface area contributed by atoms with Crippen molar-refractivity contribution in [2.75, 3.05) is 6.61 Å². The first-order valence-corrected chi connectivity index (χ1v) is 6.81. The van der Waals surface area contributed by atoms with Crippen molar-refractivity contribution in [1.29, 1.82) is 0 Å². The molecule has 0 aromatic heterocycles. The second-order valence-electron chi connectivity index (χ2n) is 4.06. The normalized spacial score (nSPS) is 32.6. The van der Waals surface area contributed by atoms with E-state index in [9.17, 15) is 24.7 Å². The van der Waals surface area contributed by atoms with Gasteiger partial charge in [0.1, 0.15) is 24.4 Å². The number of hydrogen-bond acceptors (Lipinski definition) is 7. The summed E-state index contributed by atoms with van der Waals surface area (Å²) in [7, 11) is -4.76. The van der Waals surface area contributed by atoms with Crippen molar-refractivity contribution in [3.05, 3.63) is 0 Å². The smallest absolute Gasteiger partial charge is 0.388 e. The molecule has 1 fully saturated rings. The second kappa shape index (κ2) is 10.3. The van der Waals surface area contributed by atoms with Gasteiger partial charge >= 0.3 is 7.82 Å². The summed E-state index contributed by atoms with van der Waals surface area (Å²) in [6.07, 6.45) is -6.15. The Labute approximate surface area is 165 Å². The number of phosphoric ester groups is 1. The van der Waals surface area contributed by atoms with E-state index in [1.54, 1.807) is 0 Å². The van der Waals surface area contributed by atoms with Crippen molar-refractivity contribution in [3.63, 3.8) is 0 Å². The number of carbonyl (C=O) groups excluding carboxylic acids is 1. The molecule has 1 aliphatic rings. The number of rotatable bonds is 4. The van der Waals surface area contributed by atoms with E-state index >= 15 is 0 Å². The number of nitrogens with one attached hydrogen (secondary N) is 1.